The summed E-state index contributed by atoms with van der Waals surface area (Å²) in [5.41, 5.74) is 0.416. The van der Waals surface area contributed by atoms with Crippen LogP contribution in [-0.4, -0.2) is 78.9 Å². The summed E-state index contributed by atoms with van der Waals surface area (Å²) >= 11 is 0. The minimum atomic E-state index is -1.43. The van der Waals surface area contributed by atoms with Crippen molar-refractivity contribution in [2.24, 2.45) is 5.41 Å². The number of morpholine rings is 1. The summed E-state index contributed by atoms with van der Waals surface area (Å²) < 4.78 is 68.1. The zero-order valence-electron chi connectivity index (χ0n) is 24.6. The molecular weight excluding hydrogens is 578 g/mol. The third-order valence-corrected chi connectivity index (χ3v) is 8.67. The number of carboxylic acids is 1. The standard InChI is InChI=1S/C33H35F4N3O4/c1-43-25-4-5-29-26(19-25)30(23(20-38-29)21-40-13-15-44-16-14-40)27(35)6-7-33(32(41)42)8-11-39(12-9-33)10-2-3-22-17-24(34)18-28(36)31(22)37/h4-5,17-20,27H,6-16,21H2,1H3,(H,41,42). The van der Waals surface area contributed by atoms with Crippen molar-refractivity contribution in [1.29, 1.82) is 0 Å². The summed E-state index contributed by atoms with van der Waals surface area (Å²) in [5, 5.41) is 10.9. The van der Waals surface area contributed by atoms with Gasteiger partial charge in [-0.1, -0.05) is 11.8 Å². The summed E-state index contributed by atoms with van der Waals surface area (Å²) in [4.78, 5) is 21.2. The Kier molecular flexibility index (Phi) is 10.0. The van der Waals surface area contributed by atoms with Crippen molar-refractivity contribution in [3.8, 4) is 17.6 Å². The van der Waals surface area contributed by atoms with Crippen LogP contribution >= 0.6 is 0 Å². The Labute approximate surface area is 253 Å². The van der Waals surface area contributed by atoms with Gasteiger partial charge in [-0.3, -0.25) is 19.6 Å². The van der Waals surface area contributed by atoms with Crippen LogP contribution in [0, 0.1) is 34.7 Å². The lowest BCUT2D eigenvalue weighted by Crippen LogP contribution is -2.44. The summed E-state index contributed by atoms with van der Waals surface area (Å²) in [6.07, 6.45) is 1.01. The number of nitrogens with zero attached hydrogens (tertiary/aromatic N) is 3. The molecule has 2 saturated heterocycles. The van der Waals surface area contributed by atoms with Gasteiger partial charge < -0.3 is 14.6 Å². The molecule has 1 atom stereocenters. The van der Waals surface area contributed by atoms with Crippen LogP contribution in [0.2, 0.25) is 0 Å². The highest BCUT2D eigenvalue weighted by atomic mass is 19.2. The number of carboxylic acid groups (broad SMARTS) is 1. The van der Waals surface area contributed by atoms with Gasteiger partial charge in [-0.25, -0.2) is 17.6 Å². The van der Waals surface area contributed by atoms with Gasteiger partial charge in [0, 0.05) is 55.9 Å². The molecule has 2 fully saturated rings. The maximum absolute atomic E-state index is 16.4. The number of aromatic nitrogens is 1. The molecule has 5 rings (SSSR count). The van der Waals surface area contributed by atoms with Crippen LogP contribution in [0.3, 0.4) is 0 Å². The number of methoxy groups -OCH3 is 1. The predicted octanol–water partition coefficient (Wildman–Crippen LogP) is 5.50. The van der Waals surface area contributed by atoms with Crippen LogP contribution in [0.1, 0.15) is 48.5 Å². The molecule has 0 spiro atoms. The Hall–Kier alpha value is -3.72. The van der Waals surface area contributed by atoms with Crippen LogP contribution in [0.15, 0.2) is 36.5 Å². The number of fused-ring (bicyclic) bond motifs is 1. The smallest absolute Gasteiger partial charge is 0.309 e. The first-order valence-electron chi connectivity index (χ1n) is 14.7. The molecule has 2 aromatic carbocycles. The minimum absolute atomic E-state index is 0.0168. The monoisotopic (exact) mass is 613 g/mol. The molecule has 0 bridgehead atoms. The average Bonchev–Trinajstić information content (AvgIpc) is 3.02. The second kappa shape index (κ2) is 13.9. The first-order chi connectivity index (χ1) is 21.2. The molecule has 11 heteroatoms. The van der Waals surface area contributed by atoms with Crippen molar-refractivity contribution < 1.29 is 36.9 Å². The van der Waals surface area contributed by atoms with Crippen LogP contribution in [-0.2, 0) is 16.1 Å². The summed E-state index contributed by atoms with van der Waals surface area (Å²) in [6, 6.07) is 6.64. The van der Waals surface area contributed by atoms with Crippen molar-refractivity contribution in [2.75, 3.05) is 53.0 Å². The number of halogens is 4. The first kappa shape index (κ1) is 31.7. The molecule has 0 radical (unpaired) electrons. The van der Waals surface area contributed by atoms with Gasteiger partial charge >= 0.3 is 5.97 Å². The van der Waals surface area contributed by atoms with Gasteiger partial charge in [-0.05, 0) is 55.5 Å². The molecule has 1 N–H and O–H groups in total. The molecule has 1 unspecified atom stereocenters. The number of alkyl halides is 1. The minimum Gasteiger partial charge on any atom is -0.497 e. The van der Waals surface area contributed by atoms with Crippen LogP contribution in [0.5, 0.6) is 5.75 Å². The van der Waals surface area contributed by atoms with Crippen LogP contribution in [0.25, 0.3) is 10.9 Å². The molecule has 0 amide bonds. The number of ether oxygens (including phenoxy) is 2. The SMILES string of the molecule is COc1ccc2ncc(CN3CCOCC3)c(C(F)CCC3(C(=O)O)CCN(CC#Cc4cc(F)cc(F)c4F)CC3)c2c1. The molecule has 234 valence electrons. The summed E-state index contributed by atoms with van der Waals surface area (Å²) in [5.74, 6) is 1.36. The van der Waals surface area contributed by atoms with E-state index in [9.17, 15) is 23.1 Å². The molecule has 1 aromatic heterocycles. The van der Waals surface area contributed by atoms with Gasteiger partial charge in [0.05, 0.1) is 43.4 Å². The Morgan fingerprint density at radius 3 is 2.57 bits per heavy atom. The normalized spacial score (nSPS) is 18.0. The van der Waals surface area contributed by atoms with Crippen molar-refractivity contribution in [2.45, 2.75) is 38.4 Å². The fourth-order valence-electron chi connectivity index (χ4n) is 6.01. The predicted molar refractivity (Wildman–Crippen MR) is 156 cm³/mol. The van der Waals surface area contributed by atoms with Gasteiger partial charge in [0.25, 0.3) is 0 Å². The highest BCUT2D eigenvalue weighted by molar-refractivity contribution is 5.85. The largest absolute Gasteiger partial charge is 0.497 e. The molecule has 3 aromatic rings. The van der Waals surface area contributed by atoms with E-state index >= 15 is 4.39 Å². The number of hydrogen-bond donors (Lipinski definition) is 1. The highest BCUT2D eigenvalue weighted by Crippen LogP contribution is 2.41. The molecule has 0 saturated carbocycles. The zero-order valence-corrected chi connectivity index (χ0v) is 24.6. The Morgan fingerprint density at radius 2 is 1.86 bits per heavy atom. The second-order valence-electron chi connectivity index (χ2n) is 11.4. The first-order valence-corrected chi connectivity index (χ1v) is 14.7. The third-order valence-electron chi connectivity index (χ3n) is 8.67. The van der Waals surface area contributed by atoms with Crippen molar-refractivity contribution in [3.05, 3.63) is 70.7 Å². The lowest BCUT2D eigenvalue weighted by molar-refractivity contribution is -0.152. The van der Waals surface area contributed by atoms with E-state index in [1.165, 1.54) is 0 Å². The maximum atomic E-state index is 16.4. The van der Waals surface area contributed by atoms with Gasteiger partial charge in [0.2, 0.25) is 0 Å². The number of likely N-dealkylation sites (tertiary alicyclic amines) is 1. The molecule has 44 heavy (non-hydrogen) atoms. The quantitative estimate of drug-likeness (QED) is 0.194. The van der Waals surface area contributed by atoms with E-state index in [0.717, 1.165) is 24.7 Å². The molecular formula is C33H35F4N3O4. The molecule has 0 aliphatic carbocycles. The van der Waals surface area contributed by atoms with Gasteiger partial charge in [0.1, 0.15) is 17.7 Å². The van der Waals surface area contributed by atoms with E-state index in [1.807, 2.05) is 4.90 Å². The molecule has 2 aliphatic rings. The third kappa shape index (κ3) is 7.15. The lowest BCUT2D eigenvalue weighted by atomic mass is 9.74. The van der Waals surface area contributed by atoms with E-state index in [2.05, 4.69) is 21.7 Å². The number of piperidine rings is 1. The van der Waals surface area contributed by atoms with Gasteiger partial charge in [-0.2, -0.15) is 0 Å². The lowest BCUT2D eigenvalue weighted by Gasteiger charge is -2.38. The Balaban J connectivity index is 1.29. The number of hydrogen-bond acceptors (Lipinski definition) is 6. The number of benzene rings is 2. The van der Waals surface area contributed by atoms with Crippen LogP contribution in [0.4, 0.5) is 17.6 Å². The van der Waals surface area contributed by atoms with Crippen molar-refractivity contribution in [1.82, 2.24) is 14.8 Å². The highest BCUT2D eigenvalue weighted by Gasteiger charge is 2.42. The van der Waals surface area contributed by atoms with E-state index in [4.69, 9.17) is 9.47 Å². The number of carbonyl (C=O) groups is 1. The van der Waals surface area contributed by atoms with E-state index in [0.29, 0.717) is 61.1 Å². The van der Waals surface area contributed by atoms with E-state index in [-0.39, 0.29) is 37.8 Å². The molecule has 3 heterocycles. The molecule has 7 nitrogen and oxygen atoms in total. The number of pyridine rings is 1. The van der Waals surface area contributed by atoms with E-state index < -0.39 is 35.0 Å². The van der Waals surface area contributed by atoms with Crippen LogP contribution < -0.4 is 4.74 Å². The van der Waals surface area contributed by atoms with Gasteiger partial charge in [-0.15, -0.1) is 0 Å². The Morgan fingerprint density at radius 1 is 1.11 bits per heavy atom. The maximum Gasteiger partial charge on any atom is 0.309 e. The Bertz CT molecular complexity index is 1560. The molecule has 2 aliphatic heterocycles. The fraction of sp³-hybridized carbons (Fsp3) is 0.455. The summed E-state index contributed by atoms with van der Waals surface area (Å²) in [7, 11) is 1.55. The van der Waals surface area contributed by atoms with Crippen molar-refractivity contribution in [3.63, 3.8) is 0 Å². The zero-order chi connectivity index (χ0) is 31.3. The summed E-state index contributed by atoms with van der Waals surface area (Å²) in [6.45, 7) is 4.11. The average molecular weight is 614 g/mol. The van der Waals surface area contributed by atoms with Gasteiger partial charge in [0.15, 0.2) is 11.6 Å². The van der Waals surface area contributed by atoms with Crippen molar-refractivity contribution >= 4 is 16.9 Å². The fourth-order valence-corrected chi connectivity index (χ4v) is 6.01. The number of aliphatic carboxylic acids is 1. The topological polar surface area (TPSA) is 75.1 Å². The number of rotatable bonds is 9. The van der Waals surface area contributed by atoms with E-state index in [1.54, 1.807) is 31.5 Å². The second-order valence-corrected chi connectivity index (χ2v) is 11.4.